The maximum atomic E-state index is 15.1. The Kier molecular flexibility index (Phi) is 6.76. The maximum Gasteiger partial charge on any atom is 0.410 e. The molecule has 4 heterocycles. The lowest BCUT2D eigenvalue weighted by atomic mass is 10.0. The number of β-amino-alcohol motifs (C(OH)–C–C–N with tert-alkyl or cyclic N) is 1. The lowest BCUT2D eigenvalue weighted by Crippen LogP contribution is -2.42. The van der Waals surface area contributed by atoms with Crippen LogP contribution in [0.1, 0.15) is 56.4 Å². The van der Waals surface area contributed by atoms with Crippen LogP contribution in [0.3, 0.4) is 0 Å². The molecular formula is C26H30F2N6O4. The van der Waals surface area contributed by atoms with Crippen molar-refractivity contribution in [3.8, 4) is 11.3 Å². The Labute approximate surface area is 218 Å². The van der Waals surface area contributed by atoms with Gasteiger partial charge < -0.3 is 19.6 Å². The summed E-state index contributed by atoms with van der Waals surface area (Å²) in [6, 6.07) is 4.09. The van der Waals surface area contributed by atoms with Crippen molar-refractivity contribution in [3.05, 3.63) is 41.6 Å². The van der Waals surface area contributed by atoms with Gasteiger partial charge >= 0.3 is 6.09 Å². The standard InChI is InChI=1S/C26H30F2N6O4/c1-26(2,3)38-25(37)32-9-6-15(7-10-32)34-21-13-29-19(12-20(21)30-31-34)17-4-5-18(23(28)22(17)27)24(36)33-11-8-16(35)14-33/h4-5,12-13,15-16,35H,6-11,14H2,1-3H3/t16-/m1/s1. The molecule has 2 aliphatic rings. The van der Waals surface area contributed by atoms with Crippen LogP contribution in [0.2, 0.25) is 0 Å². The summed E-state index contributed by atoms with van der Waals surface area (Å²) < 4.78 is 37.2. The number of pyridine rings is 1. The zero-order valence-electron chi connectivity index (χ0n) is 21.5. The lowest BCUT2D eigenvalue weighted by Gasteiger charge is -2.33. The van der Waals surface area contributed by atoms with E-state index < -0.39 is 29.2 Å². The largest absolute Gasteiger partial charge is 0.444 e. The smallest absolute Gasteiger partial charge is 0.410 e. The first-order chi connectivity index (χ1) is 18.0. The van der Waals surface area contributed by atoms with Crippen LogP contribution in [0, 0.1) is 11.6 Å². The van der Waals surface area contributed by atoms with E-state index in [0.717, 1.165) is 0 Å². The number of benzene rings is 1. The molecule has 2 saturated heterocycles. The number of aliphatic hydroxyl groups is 1. The molecule has 2 fully saturated rings. The second-order valence-electron chi connectivity index (χ2n) is 10.8. The Morgan fingerprint density at radius 1 is 1.05 bits per heavy atom. The molecule has 202 valence electrons. The molecule has 2 aromatic heterocycles. The monoisotopic (exact) mass is 528 g/mol. The predicted octanol–water partition coefficient (Wildman–Crippen LogP) is 3.55. The Balaban J connectivity index is 1.32. The number of halogens is 2. The van der Waals surface area contributed by atoms with E-state index >= 15 is 4.39 Å². The van der Waals surface area contributed by atoms with Crippen molar-refractivity contribution in [1.29, 1.82) is 0 Å². The molecule has 2 aliphatic heterocycles. The first-order valence-electron chi connectivity index (χ1n) is 12.7. The van der Waals surface area contributed by atoms with E-state index in [1.807, 2.05) is 20.8 Å². The van der Waals surface area contributed by atoms with E-state index in [1.165, 1.54) is 29.3 Å². The van der Waals surface area contributed by atoms with Crippen LogP contribution >= 0.6 is 0 Å². The fraction of sp³-hybridized carbons (Fsp3) is 0.500. The van der Waals surface area contributed by atoms with Crippen molar-refractivity contribution in [3.63, 3.8) is 0 Å². The third-order valence-corrected chi connectivity index (χ3v) is 6.86. The number of aliphatic hydroxyl groups excluding tert-OH is 1. The highest BCUT2D eigenvalue weighted by atomic mass is 19.2. The summed E-state index contributed by atoms with van der Waals surface area (Å²) in [5.41, 5.74) is 0.235. The minimum Gasteiger partial charge on any atom is -0.444 e. The average molecular weight is 529 g/mol. The van der Waals surface area contributed by atoms with Crippen LogP contribution in [0.4, 0.5) is 13.6 Å². The van der Waals surface area contributed by atoms with Crippen LogP contribution in [0.25, 0.3) is 22.3 Å². The highest BCUT2D eigenvalue weighted by Crippen LogP contribution is 2.30. The topological polar surface area (TPSA) is 114 Å². The quantitative estimate of drug-likeness (QED) is 0.553. The minimum atomic E-state index is -1.25. The van der Waals surface area contributed by atoms with Gasteiger partial charge in [-0.3, -0.25) is 9.78 Å². The highest BCUT2D eigenvalue weighted by molar-refractivity contribution is 5.95. The van der Waals surface area contributed by atoms with Crippen LogP contribution in [0.15, 0.2) is 24.4 Å². The Morgan fingerprint density at radius 3 is 2.42 bits per heavy atom. The van der Waals surface area contributed by atoms with E-state index in [9.17, 15) is 19.1 Å². The molecule has 0 bridgehead atoms. The number of ether oxygens (including phenoxy) is 1. The van der Waals surface area contributed by atoms with Crippen LogP contribution in [-0.2, 0) is 4.74 Å². The summed E-state index contributed by atoms with van der Waals surface area (Å²) in [6.07, 6.45) is 2.23. The van der Waals surface area contributed by atoms with Gasteiger partial charge in [-0.05, 0) is 58.2 Å². The third-order valence-electron chi connectivity index (χ3n) is 6.86. The molecule has 3 aromatic rings. The van der Waals surface area contributed by atoms with Crippen molar-refractivity contribution in [2.45, 2.75) is 57.8 Å². The van der Waals surface area contributed by atoms with Crippen molar-refractivity contribution in [2.24, 2.45) is 0 Å². The summed E-state index contributed by atoms with van der Waals surface area (Å²) >= 11 is 0. The molecule has 0 aliphatic carbocycles. The Hall–Kier alpha value is -3.67. The number of aromatic nitrogens is 4. The molecule has 0 saturated carbocycles. The number of carbonyl (C=O) groups excluding carboxylic acids is 2. The van der Waals surface area contributed by atoms with Gasteiger partial charge in [0, 0.05) is 31.7 Å². The number of amides is 2. The lowest BCUT2D eigenvalue weighted by molar-refractivity contribution is 0.0185. The molecule has 10 nitrogen and oxygen atoms in total. The Morgan fingerprint density at radius 2 is 1.76 bits per heavy atom. The second kappa shape index (κ2) is 9.90. The number of nitrogens with zero attached hydrogens (tertiary/aromatic N) is 6. The number of hydrogen-bond donors (Lipinski definition) is 1. The number of hydrogen-bond acceptors (Lipinski definition) is 7. The molecule has 2 amide bonds. The average Bonchev–Trinajstić information content (AvgIpc) is 3.50. The van der Waals surface area contributed by atoms with Gasteiger partial charge in [-0.2, -0.15) is 0 Å². The zero-order valence-corrected chi connectivity index (χ0v) is 21.5. The van der Waals surface area contributed by atoms with Crippen molar-refractivity contribution in [1.82, 2.24) is 29.8 Å². The van der Waals surface area contributed by atoms with Crippen LogP contribution in [0.5, 0.6) is 0 Å². The van der Waals surface area contributed by atoms with E-state index in [-0.39, 0.29) is 42.0 Å². The molecule has 0 radical (unpaired) electrons. The van der Waals surface area contributed by atoms with Crippen molar-refractivity contribution < 1.29 is 28.2 Å². The molecule has 38 heavy (non-hydrogen) atoms. The molecule has 5 rings (SSSR count). The minimum absolute atomic E-state index is 0.00470. The van der Waals surface area contributed by atoms with E-state index in [0.29, 0.717) is 43.4 Å². The van der Waals surface area contributed by atoms with E-state index in [2.05, 4.69) is 15.3 Å². The third kappa shape index (κ3) is 5.04. The molecule has 12 heteroatoms. The van der Waals surface area contributed by atoms with Gasteiger partial charge in [0.05, 0.1) is 29.6 Å². The van der Waals surface area contributed by atoms with Crippen LogP contribution in [-0.4, -0.2) is 84.8 Å². The normalized spacial score (nSPS) is 18.8. The molecule has 1 atom stereocenters. The first-order valence-corrected chi connectivity index (χ1v) is 12.7. The summed E-state index contributed by atoms with van der Waals surface area (Å²) in [7, 11) is 0. The van der Waals surface area contributed by atoms with Crippen LogP contribution < -0.4 is 0 Å². The van der Waals surface area contributed by atoms with Gasteiger partial charge in [0.2, 0.25) is 0 Å². The predicted molar refractivity (Wildman–Crippen MR) is 133 cm³/mol. The molecule has 0 unspecified atom stereocenters. The zero-order chi connectivity index (χ0) is 27.2. The maximum absolute atomic E-state index is 15.1. The second-order valence-corrected chi connectivity index (χ2v) is 10.8. The summed E-state index contributed by atoms with van der Waals surface area (Å²) in [6.45, 7) is 6.89. The SMILES string of the molecule is CC(C)(C)OC(=O)N1CCC(n2nnc3cc(-c4ccc(C(=O)N5CC[C@@H](O)C5)c(F)c4F)ncc32)CC1. The molecule has 1 aromatic carbocycles. The fourth-order valence-electron chi connectivity index (χ4n) is 4.88. The molecular weight excluding hydrogens is 498 g/mol. The van der Waals surface area contributed by atoms with Gasteiger partial charge in [-0.25, -0.2) is 18.3 Å². The van der Waals surface area contributed by atoms with Gasteiger partial charge in [-0.1, -0.05) is 5.21 Å². The highest BCUT2D eigenvalue weighted by Gasteiger charge is 2.30. The number of likely N-dealkylation sites (tertiary alicyclic amines) is 2. The number of rotatable bonds is 3. The Bertz CT molecular complexity index is 1380. The van der Waals surface area contributed by atoms with Crippen molar-refractivity contribution in [2.75, 3.05) is 26.2 Å². The summed E-state index contributed by atoms with van der Waals surface area (Å²) in [5.74, 6) is -3.09. The van der Waals surface area contributed by atoms with Gasteiger partial charge in [0.25, 0.3) is 5.91 Å². The van der Waals surface area contributed by atoms with Crippen molar-refractivity contribution >= 4 is 23.0 Å². The first kappa shape index (κ1) is 26.0. The molecule has 1 N–H and O–H groups in total. The fourth-order valence-corrected chi connectivity index (χ4v) is 4.88. The number of piperidine rings is 1. The van der Waals surface area contributed by atoms with Gasteiger partial charge in [-0.15, -0.1) is 5.10 Å². The summed E-state index contributed by atoms with van der Waals surface area (Å²) in [4.78, 5) is 32.3. The van der Waals surface area contributed by atoms with Gasteiger partial charge in [0.1, 0.15) is 16.6 Å². The number of fused-ring (bicyclic) bond motifs is 1. The summed E-state index contributed by atoms with van der Waals surface area (Å²) in [5, 5.41) is 18.1. The van der Waals surface area contributed by atoms with E-state index in [4.69, 9.17) is 4.74 Å². The van der Waals surface area contributed by atoms with Gasteiger partial charge in [0.15, 0.2) is 11.6 Å². The number of carbonyl (C=O) groups is 2. The van der Waals surface area contributed by atoms with E-state index in [1.54, 1.807) is 9.58 Å². The molecule has 0 spiro atoms.